The van der Waals surface area contributed by atoms with E-state index in [0.717, 1.165) is 59.6 Å². The summed E-state index contributed by atoms with van der Waals surface area (Å²) in [4.78, 5) is 7.11. The van der Waals surface area contributed by atoms with Gasteiger partial charge in [0.2, 0.25) is 0 Å². The Balaban J connectivity index is 1.90. The Morgan fingerprint density at radius 2 is 1.89 bits per heavy atom. The van der Waals surface area contributed by atoms with E-state index < -0.39 is 0 Å². The normalized spacial score (nSPS) is 17.1. The van der Waals surface area contributed by atoms with Crippen LogP contribution in [0.3, 0.4) is 0 Å². The largest absolute Gasteiger partial charge is 0.508 e. The number of aromatic hydroxyl groups is 1. The number of hydrogen-bond acceptors (Lipinski definition) is 4. The number of ether oxygens (including phenoxy) is 1. The first kappa shape index (κ1) is 17.8. The van der Waals surface area contributed by atoms with Crippen LogP contribution in [0.4, 0.5) is 0 Å². The van der Waals surface area contributed by atoms with Gasteiger partial charge >= 0.3 is 0 Å². The SMILES string of the molecule is COc1ccc2ccc(O)c(C(c3ccccn3)N3CCC(C)CC3)c2c1. The Hall–Kier alpha value is -2.59. The average Bonchev–Trinajstić information content (AvgIpc) is 2.71. The Morgan fingerprint density at radius 1 is 1.11 bits per heavy atom. The van der Waals surface area contributed by atoms with Crippen molar-refractivity contribution in [3.8, 4) is 11.5 Å². The summed E-state index contributed by atoms with van der Waals surface area (Å²) < 4.78 is 5.45. The molecule has 0 spiro atoms. The number of hydrogen-bond donors (Lipinski definition) is 1. The smallest absolute Gasteiger partial charge is 0.121 e. The molecule has 1 aromatic heterocycles. The molecule has 1 saturated heterocycles. The highest BCUT2D eigenvalue weighted by molar-refractivity contribution is 5.89. The lowest BCUT2D eigenvalue weighted by Gasteiger charge is -2.37. The number of likely N-dealkylation sites (tertiary alicyclic amines) is 1. The van der Waals surface area contributed by atoms with Crippen molar-refractivity contribution >= 4 is 10.8 Å². The van der Waals surface area contributed by atoms with Crippen LogP contribution >= 0.6 is 0 Å². The minimum absolute atomic E-state index is 0.0745. The van der Waals surface area contributed by atoms with E-state index in [-0.39, 0.29) is 6.04 Å². The van der Waals surface area contributed by atoms with Crippen LogP contribution in [0, 0.1) is 5.92 Å². The molecule has 4 heteroatoms. The van der Waals surface area contributed by atoms with Gasteiger partial charge in [-0.15, -0.1) is 0 Å². The molecule has 1 unspecified atom stereocenters. The molecule has 1 fully saturated rings. The van der Waals surface area contributed by atoms with E-state index >= 15 is 0 Å². The zero-order chi connectivity index (χ0) is 18.8. The van der Waals surface area contributed by atoms with Gasteiger partial charge in [0.1, 0.15) is 11.5 Å². The summed E-state index contributed by atoms with van der Waals surface area (Å²) in [6.45, 7) is 4.32. The van der Waals surface area contributed by atoms with Crippen molar-refractivity contribution in [2.75, 3.05) is 20.2 Å². The Morgan fingerprint density at radius 3 is 2.59 bits per heavy atom. The average molecular weight is 362 g/mol. The van der Waals surface area contributed by atoms with E-state index in [2.05, 4.69) is 22.9 Å². The molecule has 3 aromatic rings. The number of fused-ring (bicyclic) bond motifs is 1. The monoisotopic (exact) mass is 362 g/mol. The summed E-state index contributed by atoms with van der Waals surface area (Å²) in [5.41, 5.74) is 1.89. The number of pyridine rings is 1. The number of rotatable bonds is 4. The van der Waals surface area contributed by atoms with E-state index in [9.17, 15) is 5.11 Å². The molecule has 1 N–H and O–H groups in total. The van der Waals surface area contributed by atoms with E-state index in [1.54, 1.807) is 13.2 Å². The van der Waals surface area contributed by atoms with E-state index in [1.165, 1.54) is 0 Å². The van der Waals surface area contributed by atoms with Crippen molar-refractivity contribution in [1.82, 2.24) is 9.88 Å². The van der Waals surface area contributed by atoms with Crippen LogP contribution < -0.4 is 4.74 Å². The maximum atomic E-state index is 10.9. The van der Waals surface area contributed by atoms with Gasteiger partial charge < -0.3 is 9.84 Å². The van der Waals surface area contributed by atoms with Crippen molar-refractivity contribution in [2.24, 2.45) is 5.92 Å². The van der Waals surface area contributed by atoms with Gasteiger partial charge in [-0.25, -0.2) is 0 Å². The first-order valence-electron chi connectivity index (χ1n) is 9.62. The molecule has 2 heterocycles. The number of phenols is 1. The third-order valence-corrected chi connectivity index (χ3v) is 5.67. The maximum absolute atomic E-state index is 10.9. The van der Waals surface area contributed by atoms with Gasteiger partial charge in [-0.05, 0) is 73.0 Å². The number of piperidine rings is 1. The van der Waals surface area contributed by atoms with Gasteiger partial charge in [0.25, 0.3) is 0 Å². The van der Waals surface area contributed by atoms with Crippen LogP contribution in [0.15, 0.2) is 54.7 Å². The first-order chi connectivity index (χ1) is 13.2. The molecule has 27 heavy (non-hydrogen) atoms. The van der Waals surface area contributed by atoms with Crippen LogP contribution in [0.5, 0.6) is 11.5 Å². The Bertz CT molecular complexity index is 918. The van der Waals surface area contributed by atoms with Gasteiger partial charge in [-0.2, -0.15) is 0 Å². The zero-order valence-corrected chi connectivity index (χ0v) is 15.9. The molecule has 140 valence electrons. The lowest BCUT2D eigenvalue weighted by molar-refractivity contribution is 0.154. The third kappa shape index (κ3) is 3.50. The van der Waals surface area contributed by atoms with Crippen LogP contribution in [0.25, 0.3) is 10.8 Å². The first-order valence-corrected chi connectivity index (χ1v) is 9.62. The van der Waals surface area contributed by atoms with Crippen molar-refractivity contribution in [3.63, 3.8) is 0 Å². The van der Waals surface area contributed by atoms with Crippen LogP contribution in [-0.2, 0) is 0 Å². The van der Waals surface area contributed by atoms with Gasteiger partial charge in [-0.3, -0.25) is 9.88 Å². The predicted molar refractivity (Wildman–Crippen MR) is 108 cm³/mol. The minimum Gasteiger partial charge on any atom is -0.508 e. The fourth-order valence-corrected chi connectivity index (χ4v) is 4.07. The van der Waals surface area contributed by atoms with Crippen LogP contribution in [0.1, 0.15) is 37.1 Å². The van der Waals surface area contributed by atoms with Crippen molar-refractivity contribution in [3.05, 3.63) is 66.0 Å². The number of nitrogens with zero attached hydrogens (tertiary/aromatic N) is 2. The summed E-state index contributed by atoms with van der Waals surface area (Å²) >= 11 is 0. The minimum atomic E-state index is -0.0745. The van der Waals surface area contributed by atoms with Gasteiger partial charge in [0, 0.05) is 11.8 Å². The highest BCUT2D eigenvalue weighted by atomic mass is 16.5. The van der Waals surface area contributed by atoms with Crippen LogP contribution in [-0.4, -0.2) is 35.2 Å². The summed E-state index contributed by atoms with van der Waals surface area (Å²) in [6, 6.07) is 15.7. The quantitative estimate of drug-likeness (QED) is 0.726. The summed E-state index contributed by atoms with van der Waals surface area (Å²) in [5.74, 6) is 1.85. The second kappa shape index (κ2) is 7.57. The molecule has 4 nitrogen and oxygen atoms in total. The van der Waals surface area contributed by atoms with E-state index in [0.29, 0.717) is 5.75 Å². The summed E-state index contributed by atoms with van der Waals surface area (Å²) in [7, 11) is 1.67. The fourth-order valence-electron chi connectivity index (χ4n) is 4.07. The molecular formula is C23H26N2O2. The Labute approximate surface area is 160 Å². The fraction of sp³-hybridized carbons (Fsp3) is 0.348. The predicted octanol–water partition coefficient (Wildman–Crippen LogP) is 4.77. The summed E-state index contributed by atoms with van der Waals surface area (Å²) in [6.07, 6.45) is 4.16. The highest BCUT2D eigenvalue weighted by Gasteiger charge is 2.30. The Kier molecular flexibility index (Phi) is 4.99. The molecule has 1 atom stereocenters. The van der Waals surface area contributed by atoms with Gasteiger partial charge in [-0.1, -0.05) is 25.1 Å². The topological polar surface area (TPSA) is 45.6 Å². The summed E-state index contributed by atoms with van der Waals surface area (Å²) in [5, 5.41) is 13.0. The van der Waals surface area contributed by atoms with Crippen molar-refractivity contribution in [2.45, 2.75) is 25.8 Å². The molecule has 4 rings (SSSR count). The number of aromatic nitrogens is 1. The second-order valence-electron chi connectivity index (χ2n) is 7.46. The lowest BCUT2D eigenvalue weighted by atomic mass is 9.91. The van der Waals surface area contributed by atoms with Crippen LogP contribution in [0.2, 0.25) is 0 Å². The number of benzene rings is 2. The number of methoxy groups -OCH3 is 1. The van der Waals surface area contributed by atoms with Gasteiger partial charge in [0.15, 0.2) is 0 Å². The zero-order valence-electron chi connectivity index (χ0n) is 15.9. The molecule has 2 aromatic carbocycles. The second-order valence-corrected chi connectivity index (χ2v) is 7.46. The molecule has 0 bridgehead atoms. The molecule has 0 radical (unpaired) electrons. The number of phenolic OH excluding ortho intramolecular Hbond substituents is 1. The van der Waals surface area contributed by atoms with E-state index in [4.69, 9.17) is 4.74 Å². The van der Waals surface area contributed by atoms with E-state index in [1.807, 2.05) is 42.6 Å². The lowest BCUT2D eigenvalue weighted by Crippen LogP contribution is -2.37. The molecular weight excluding hydrogens is 336 g/mol. The standard InChI is InChI=1S/C23H26N2O2/c1-16-10-13-25(14-11-16)23(20-5-3-4-12-24-20)22-19-15-18(27-2)8-6-17(19)7-9-21(22)26/h3-9,12,15-16,23,26H,10-11,13-14H2,1-2H3. The molecule has 1 aliphatic rings. The molecule has 0 saturated carbocycles. The maximum Gasteiger partial charge on any atom is 0.121 e. The third-order valence-electron chi connectivity index (χ3n) is 5.67. The molecule has 0 amide bonds. The molecule has 0 aliphatic carbocycles. The molecule has 1 aliphatic heterocycles. The van der Waals surface area contributed by atoms with Crippen molar-refractivity contribution in [1.29, 1.82) is 0 Å². The van der Waals surface area contributed by atoms with Gasteiger partial charge in [0.05, 0.1) is 18.8 Å². The highest BCUT2D eigenvalue weighted by Crippen LogP contribution is 2.41. The van der Waals surface area contributed by atoms with Crippen molar-refractivity contribution < 1.29 is 9.84 Å².